The Morgan fingerprint density at radius 3 is 2.47 bits per heavy atom. The minimum Gasteiger partial charge on any atom is -0.343 e. The molecule has 0 radical (unpaired) electrons. The highest BCUT2D eigenvalue weighted by Gasteiger charge is 2.37. The lowest BCUT2D eigenvalue weighted by Crippen LogP contribution is -2.44. The molecule has 2 aliphatic heterocycles. The van der Waals surface area contributed by atoms with Crippen LogP contribution < -0.4 is 5.32 Å². The highest BCUT2D eigenvalue weighted by molar-refractivity contribution is 5.85. The monoisotopic (exact) mass is 286 g/mol. The first-order valence-electron chi connectivity index (χ1n) is 7.76. The molecule has 1 saturated carbocycles. The number of nitrogens with one attached hydrogen (secondary N) is 1. The molecule has 4 heteroatoms. The number of hydrogen-bond acceptors (Lipinski definition) is 2. The first kappa shape index (κ1) is 15.1. The average Bonchev–Trinajstić information content (AvgIpc) is 2.76. The van der Waals surface area contributed by atoms with E-state index in [9.17, 15) is 4.79 Å². The van der Waals surface area contributed by atoms with Crippen LogP contribution in [0.1, 0.15) is 51.4 Å². The lowest BCUT2D eigenvalue weighted by atomic mass is 9.77. The van der Waals surface area contributed by atoms with Gasteiger partial charge >= 0.3 is 0 Å². The minimum absolute atomic E-state index is 0. The van der Waals surface area contributed by atoms with Gasteiger partial charge in [0.1, 0.15) is 0 Å². The second kappa shape index (κ2) is 6.45. The molecule has 3 aliphatic rings. The third kappa shape index (κ3) is 3.43. The third-order valence-electron chi connectivity index (χ3n) is 5.50. The molecule has 0 bridgehead atoms. The van der Waals surface area contributed by atoms with E-state index < -0.39 is 0 Å². The van der Waals surface area contributed by atoms with E-state index in [1.165, 1.54) is 51.6 Å². The summed E-state index contributed by atoms with van der Waals surface area (Å²) >= 11 is 0. The maximum atomic E-state index is 12.2. The third-order valence-corrected chi connectivity index (χ3v) is 5.50. The average molecular weight is 287 g/mol. The van der Waals surface area contributed by atoms with E-state index in [1.807, 2.05) is 0 Å². The Labute approximate surface area is 122 Å². The van der Waals surface area contributed by atoms with Gasteiger partial charge in [0.2, 0.25) is 5.91 Å². The topological polar surface area (TPSA) is 32.3 Å². The van der Waals surface area contributed by atoms with Gasteiger partial charge in [0.05, 0.1) is 0 Å². The number of amides is 1. The van der Waals surface area contributed by atoms with Crippen molar-refractivity contribution in [2.75, 3.05) is 26.2 Å². The number of hydrogen-bond donors (Lipinski definition) is 1. The van der Waals surface area contributed by atoms with E-state index >= 15 is 0 Å². The molecule has 3 fully saturated rings. The smallest absolute Gasteiger partial charge is 0.222 e. The van der Waals surface area contributed by atoms with Crippen LogP contribution in [-0.4, -0.2) is 37.0 Å². The number of halogens is 1. The molecule has 1 amide bonds. The van der Waals surface area contributed by atoms with Gasteiger partial charge in [0.25, 0.3) is 0 Å². The molecule has 3 rings (SSSR count). The van der Waals surface area contributed by atoms with Crippen molar-refractivity contribution >= 4 is 18.3 Å². The van der Waals surface area contributed by atoms with E-state index in [4.69, 9.17) is 0 Å². The Morgan fingerprint density at radius 1 is 1.21 bits per heavy atom. The number of likely N-dealkylation sites (tertiary alicyclic amines) is 1. The molecule has 1 N–H and O–H groups in total. The first-order chi connectivity index (χ1) is 8.77. The fourth-order valence-corrected chi connectivity index (χ4v) is 3.72. The lowest BCUT2D eigenvalue weighted by Gasteiger charge is -2.39. The molecule has 19 heavy (non-hydrogen) atoms. The van der Waals surface area contributed by atoms with Gasteiger partial charge in [0, 0.05) is 26.1 Å². The highest BCUT2D eigenvalue weighted by atomic mass is 35.5. The number of carbonyl (C=O) groups is 1. The van der Waals surface area contributed by atoms with Gasteiger partial charge < -0.3 is 10.2 Å². The summed E-state index contributed by atoms with van der Waals surface area (Å²) in [6, 6.07) is 0. The normalized spacial score (nSPS) is 26.0. The van der Waals surface area contributed by atoms with E-state index in [-0.39, 0.29) is 12.4 Å². The van der Waals surface area contributed by atoms with E-state index in [1.54, 1.807) is 0 Å². The minimum atomic E-state index is 0. The van der Waals surface area contributed by atoms with Gasteiger partial charge in [0.15, 0.2) is 0 Å². The van der Waals surface area contributed by atoms with Crippen LogP contribution in [0.2, 0.25) is 0 Å². The second-order valence-corrected chi connectivity index (χ2v) is 6.64. The molecule has 0 unspecified atom stereocenters. The summed E-state index contributed by atoms with van der Waals surface area (Å²) in [5, 5.41) is 3.48. The van der Waals surface area contributed by atoms with Crippen molar-refractivity contribution in [1.29, 1.82) is 0 Å². The summed E-state index contributed by atoms with van der Waals surface area (Å²) < 4.78 is 0. The van der Waals surface area contributed by atoms with Crippen LogP contribution in [0.3, 0.4) is 0 Å². The molecule has 3 nitrogen and oxygen atoms in total. The zero-order chi connectivity index (χ0) is 12.4. The lowest BCUT2D eigenvalue weighted by molar-refractivity contribution is -0.133. The first-order valence-corrected chi connectivity index (χ1v) is 7.76. The zero-order valence-electron chi connectivity index (χ0n) is 11.8. The number of carbonyl (C=O) groups excluding carboxylic acids is 1. The summed E-state index contributed by atoms with van der Waals surface area (Å²) in [5.41, 5.74) is 0.532. The Kier molecular flexibility index (Phi) is 5.13. The standard InChI is InChI=1S/C15H26N2O.ClH/c18-14(5-4-13-2-1-3-13)17-10-7-15(8-11-17)6-9-16-12-15;/h13,16H,1-12H2;1H. The molecule has 0 aromatic carbocycles. The van der Waals surface area contributed by atoms with Gasteiger partial charge in [-0.15, -0.1) is 12.4 Å². The molecular weight excluding hydrogens is 260 g/mol. The predicted octanol–water partition coefficient (Wildman–Crippen LogP) is 2.59. The van der Waals surface area contributed by atoms with Crippen molar-refractivity contribution in [1.82, 2.24) is 10.2 Å². The largest absolute Gasteiger partial charge is 0.343 e. The summed E-state index contributed by atoms with van der Waals surface area (Å²) in [6.07, 6.45) is 9.81. The number of rotatable bonds is 3. The van der Waals surface area contributed by atoms with Gasteiger partial charge in [-0.1, -0.05) is 19.3 Å². The summed E-state index contributed by atoms with van der Waals surface area (Å²) in [7, 11) is 0. The Hall–Kier alpha value is -0.280. The Morgan fingerprint density at radius 2 is 1.95 bits per heavy atom. The van der Waals surface area contributed by atoms with Crippen molar-refractivity contribution < 1.29 is 4.79 Å². The summed E-state index contributed by atoms with van der Waals surface area (Å²) in [4.78, 5) is 14.3. The van der Waals surface area contributed by atoms with Gasteiger partial charge in [-0.3, -0.25) is 4.79 Å². The van der Waals surface area contributed by atoms with Gasteiger partial charge in [-0.25, -0.2) is 0 Å². The quantitative estimate of drug-likeness (QED) is 0.865. The maximum absolute atomic E-state index is 12.2. The number of piperidine rings is 1. The molecule has 2 heterocycles. The van der Waals surface area contributed by atoms with Crippen LogP contribution in [0.5, 0.6) is 0 Å². The fraction of sp³-hybridized carbons (Fsp3) is 0.933. The molecule has 1 aliphatic carbocycles. The van der Waals surface area contributed by atoms with Crippen LogP contribution in [0.4, 0.5) is 0 Å². The van der Waals surface area contributed by atoms with E-state index in [2.05, 4.69) is 10.2 Å². The molecule has 0 aromatic rings. The van der Waals surface area contributed by atoms with Gasteiger partial charge in [-0.05, 0) is 43.6 Å². The second-order valence-electron chi connectivity index (χ2n) is 6.64. The fourth-order valence-electron chi connectivity index (χ4n) is 3.72. The molecule has 110 valence electrons. The van der Waals surface area contributed by atoms with Crippen molar-refractivity contribution in [3.63, 3.8) is 0 Å². The summed E-state index contributed by atoms with van der Waals surface area (Å²) in [5.74, 6) is 1.28. The summed E-state index contributed by atoms with van der Waals surface area (Å²) in [6.45, 7) is 4.36. The molecule has 1 spiro atoms. The molecule has 0 aromatic heterocycles. The SMILES string of the molecule is Cl.O=C(CCC1CCC1)N1CCC2(CCNC2)CC1. The molecular formula is C15H27ClN2O. The van der Waals surface area contributed by atoms with Crippen LogP contribution in [-0.2, 0) is 4.79 Å². The highest BCUT2D eigenvalue weighted by Crippen LogP contribution is 2.37. The Balaban J connectivity index is 0.00000133. The van der Waals surface area contributed by atoms with E-state index in [0.29, 0.717) is 11.3 Å². The molecule has 0 atom stereocenters. The van der Waals surface area contributed by atoms with Crippen LogP contribution >= 0.6 is 12.4 Å². The maximum Gasteiger partial charge on any atom is 0.222 e. The van der Waals surface area contributed by atoms with Crippen LogP contribution in [0.15, 0.2) is 0 Å². The van der Waals surface area contributed by atoms with Gasteiger partial charge in [-0.2, -0.15) is 0 Å². The predicted molar refractivity (Wildman–Crippen MR) is 79.6 cm³/mol. The van der Waals surface area contributed by atoms with Crippen LogP contribution in [0, 0.1) is 11.3 Å². The van der Waals surface area contributed by atoms with E-state index in [0.717, 1.165) is 31.8 Å². The van der Waals surface area contributed by atoms with Crippen LogP contribution in [0.25, 0.3) is 0 Å². The molecule has 2 saturated heterocycles. The van der Waals surface area contributed by atoms with Crippen molar-refractivity contribution in [3.05, 3.63) is 0 Å². The van der Waals surface area contributed by atoms with Crippen molar-refractivity contribution in [2.45, 2.75) is 51.4 Å². The van der Waals surface area contributed by atoms with Crippen molar-refractivity contribution in [3.8, 4) is 0 Å². The Bertz CT molecular complexity index is 301. The van der Waals surface area contributed by atoms with Crippen molar-refractivity contribution in [2.24, 2.45) is 11.3 Å². The zero-order valence-corrected chi connectivity index (χ0v) is 12.6. The number of nitrogens with zero attached hydrogens (tertiary/aromatic N) is 1.